The minimum Gasteiger partial charge on any atom is -0.326 e. The van der Waals surface area contributed by atoms with Crippen molar-refractivity contribution in [2.75, 3.05) is 23.7 Å². The molecule has 0 radical (unpaired) electrons. The number of nitrogens with zero attached hydrogens (tertiary/aromatic N) is 1. The first-order valence-corrected chi connectivity index (χ1v) is 11.1. The number of halogens is 1. The third-order valence-electron chi connectivity index (χ3n) is 4.57. The summed E-state index contributed by atoms with van der Waals surface area (Å²) in [6.07, 6.45) is 2.64. The van der Waals surface area contributed by atoms with Crippen LogP contribution in [0.2, 0.25) is 5.02 Å². The van der Waals surface area contributed by atoms with Crippen molar-refractivity contribution in [3.05, 3.63) is 53.1 Å². The Labute approximate surface area is 175 Å². The molecule has 2 aromatic carbocycles. The van der Waals surface area contributed by atoms with Gasteiger partial charge in [0.1, 0.15) is 4.90 Å². The molecular weight excluding hydrogens is 414 g/mol. The van der Waals surface area contributed by atoms with Crippen LogP contribution in [-0.2, 0) is 14.8 Å². The Balaban J connectivity index is 1.83. The van der Waals surface area contributed by atoms with E-state index in [1.165, 1.54) is 29.4 Å². The lowest BCUT2D eigenvalue weighted by Gasteiger charge is -2.26. The van der Waals surface area contributed by atoms with Crippen molar-refractivity contribution in [3.8, 4) is 0 Å². The van der Waals surface area contributed by atoms with Gasteiger partial charge in [-0.2, -0.15) is 4.31 Å². The number of sulfonamides is 1. The van der Waals surface area contributed by atoms with Gasteiger partial charge in [0.15, 0.2) is 0 Å². The summed E-state index contributed by atoms with van der Waals surface area (Å²) in [5.41, 5.74) is 1.14. The van der Waals surface area contributed by atoms with Crippen LogP contribution in [0.15, 0.2) is 47.4 Å². The van der Waals surface area contributed by atoms with Crippen molar-refractivity contribution in [3.63, 3.8) is 0 Å². The van der Waals surface area contributed by atoms with Gasteiger partial charge in [-0.1, -0.05) is 24.1 Å². The summed E-state index contributed by atoms with van der Waals surface area (Å²) in [4.78, 5) is 23.8. The zero-order chi connectivity index (χ0) is 21.0. The second-order valence-corrected chi connectivity index (χ2v) is 9.14. The van der Waals surface area contributed by atoms with Crippen LogP contribution in [0.5, 0.6) is 0 Å². The average molecular weight is 436 g/mol. The fourth-order valence-corrected chi connectivity index (χ4v) is 5.19. The number of benzene rings is 2. The van der Waals surface area contributed by atoms with Crippen LogP contribution < -0.4 is 10.6 Å². The normalized spacial score (nSPS) is 15.0. The van der Waals surface area contributed by atoms with Gasteiger partial charge in [-0.05, 0) is 49.2 Å². The number of rotatable bonds is 5. The van der Waals surface area contributed by atoms with Crippen molar-refractivity contribution in [1.82, 2.24) is 4.31 Å². The van der Waals surface area contributed by atoms with Crippen molar-refractivity contribution < 1.29 is 18.0 Å². The highest BCUT2D eigenvalue weighted by molar-refractivity contribution is 7.89. The first-order valence-electron chi connectivity index (χ1n) is 9.26. The number of hydrogen-bond donors (Lipinski definition) is 2. The van der Waals surface area contributed by atoms with Gasteiger partial charge in [0, 0.05) is 37.0 Å². The fraction of sp³-hybridized carbons (Fsp3) is 0.300. The monoisotopic (exact) mass is 435 g/mol. The molecule has 1 saturated heterocycles. The molecule has 1 aliphatic rings. The van der Waals surface area contributed by atoms with E-state index in [0.717, 1.165) is 19.3 Å². The van der Waals surface area contributed by atoms with E-state index in [1.54, 1.807) is 24.3 Å². The van der Waals surface area contributed by atoms with Gasteiger partial charge < -0.3 is 10.6 Å². The molecule has 2 N–H and O–H groups in total. The van der Waals surface area contributed by atoms with E-state index < -0.39 is 15.9 Å². The van der Waals surface area contributed by atoms with Crippen LogP contribution >= 0.6 is 11.6 Å². The molecule has 154 valence electrons. The minimum absolute atomic E-state index is 0.0223. The van der Waals surface area contributed by atoms with Gasteiger partial charge in [0.05, 0.1) is 5.02 Å². The van der Waals surface area contributed by atoms with Crippen molar-refractivity contribution >= 4 is 44.8 Å². The Hall–Kier alpha value is -2.42. The highest BCUT2D eigenvalue weighted by Crippen LogP contribution is 2.29. The first-order chi connectivity index (χ1) is 13.8. The van der Waals surface area contributed by atoms with Crippen LogP contribution in [0.3, 0.4) is 0 Å². The molecule has 9 heteroatoms. The summed E-state index contributed by atoms with van der Waals surface area (Å²) in [6.45, 7) is 2.31. The van der Waals surface area contributed by atoms with E-state index in [1.807, 2.05) is 0 Å². The lowest BCUT2D eigenvalue weighted by Crippen LogP contribution is -2.35. The van der Waals surface area contributed by atoms with E-state index in [4.69, 9.17) is 11.6 Å². The fourth-order valence-electron chi connectivity index (χ4n) is 3.17. The maximum absolute atomic E-state index is 13.0. The third-order valence-corrected chi connectivity index (χ3v) is 6.95. The summed E-state index contributed by atoms with van der Waals surface area (Å²) in [7, 11) is -3.73. The second kappa shape index (κ2) is 8.94. The van der Waals surface area contributed by atoms with Crippen molar-refractivity contribution in [2.45, 2.75) is 31.1 Å². The molecule has 0 spiro atoms. The number of carbonyl (C=O) groups excluding carboxylic acids is 2. The molecule has 0 aliphatic carbocycles. The molecule has 7 nitrogen and oxygen atoms in total. The van der Waals surface area contributed by atoms with Gasteiger partial charge >= 0.3 is 0 Å². The summed E-state index contributed by atoms with van der Waals surface area (Å²) in [5.74, 6) is -0.673. The highest BCUT2D eigenvalue weighted by atomic mass is 35.5. The lowest BCUT2D eigenvalue weighted by atomic mass is 10.2. The largest absolute Gasteiger partial charge is 0.326 e. The van der Waals surface area contributed by atoms with Gasteiger partial charge in [-0.3, -0.25) is 9.59 Å². The molecule has 0 saturated carbocycles. The lowest BCUT2D eigenvalue weighted by molar-refractivity contribution is -0.114. The maximum Gasteiger partial charge on any atom is 0.255 e. The quantitative estimate of drug-likeness (QED) is 0.748. The molecule has 0 aromatic heterocycles. The predicted molar refractivity (Wildman–Crippen MR) is 113 cm³/mol. The first kappa shape index (κ1) is 21.3. The molecule has 29 heavy (non-hydrogen) atoms. The van der Waals surface area contributed by atoms with E-state index in [0.29, 0.717) is 30.0 Å². The Bertz CT molecular complexity index is 1030. The van der Waals surface area contributed by atoms with Gasteiger partial charge in [0.2, 0.25) is 15.9 Å². The van der Waals surface area contributed by atoms with Gasteiger partial charge in [0.25, 0.3) is 5.91 Å². The summed E-state index contributed by atoms with van der Waals surface area (Å²) in [5, 5.41) is 5.42. The van der Waals surface area contributed by atoms with Gasteiger partial charge in [-0.15, -0.1) is 0 Å². The molecular formula is C20H22ClN3O4S. The van der Waals surface area contributed by atoms with Crippen LogP contribution in [0.1, 0.15) is 36.5 Å². The number of piperidine rings is 1. The third kappa shape index (κ3) is 5.14. The maximum atomic E-state index is 13.0. The van der Waals surface area contributed by atoms with Crippen molar-refractivity contribution in [2.24, 2.45) is 0 Å². The topological polar surface area (TPSA) is 95.6 Å². The van der Waals surface area contributed by atoms with E-state index in [9.17, 15) is 18.0 Å². The Morgan fingerprint density at radius 3 is 2.34 bits per heavy atom. The van der Waals surface area contributed by atoms with E-state index in [-0.39, 0.29) is 15.8 Å². The average Bonchev–Trinajstić information content (AvgIpc) is 2.69. The number of amides is 2. The molecule has 2 aromatic rings. The zero-order valence-corrected chi connectivity index (χ0v) is 17.5. The molecule has 2 amide bonds. The second-order valence-electron chi connectivity index (χ2n) is 6.83. The van der Waals surface area contributed by atoms with E-state index in [2.05, 4.69) is 10.6 Å². The summed E-state index contributed by atoms with van der Waals surface area (Å²) < 4.78 is 27.3. The Kier molecular flexibility index (Phi) is 6.56. The predicted octanol–water partition coefficient (Wildman–Crippen LogP) is 3.73. The zero-order valence-electron chi connectivity index (χ0n) is 15.9. The standard InChI is InChI=1S/C20H22ClN3O4S/c1-14(25)22-16-7-5-6-15(12-16)20(26)23-17-8-9-18(21)19(13-17)29(27,28)24-10-3-2-4-11-24/h5-9,12-13H,2-4,10-11H2,1H3,(H,22,25)(H,23,26). The Morgan fingerprint density at radius 1 is 0.966 bits per heavy atom. The highest BCUT2D eigenvalue weighted by Gasteiger charge is 2.28. The van der Waals surface area contributed by atoms with Crippen LogP contribution in [-0.4, -0.2) is 37.6 Å². The molecule has 3 rings (SSSR count). The van der Waals surface area contributed by atoms with Crippen LogP contribution in [0, 0.1) is 0 Å². The number of carbonyl (C=O) groups is 2. The molecule has 1 aliphatic heterocycles. The molecule has 1 heterocycles. The molecule has 0 unspecified atom stereocenters. The SMILES string of the molecule is CC(=O)Nc1cccc(C(=O)Nc2ccc(Cl)c(S(=O)(=O)N3CCCCC3)c2)c1. The van der Waals surface area contributed by atoms with Crippen molar-refractivity contribution in [1.29, 1.82) is 0 Å². The van der Waals surface area contributed by atoms with Gasteiger partial charge in [-0.25, -0.2) is 8.42 Å². The molecule has 0 bridgehead atoms. The van der Waals surface area contributed by atoms with Crippen LogP contribution in [0.25, 0.3) is 0 Å². The van der Waals surface area contributed by atoms with E-state index >= 15 is 0 Å². The number of nitrogens with one attached hydrogen (secondary N) is 2. The Morgan fingerprint density at radius 2 is 1.66 bits per heavy atom. The smallest absolute Gasteiger partial charge is 0.255 e. The minimum atomic E-state index is -3.73. The van der Waals surface area contributed by atoms with Crippen LogP contribution in [0.4, 0.5) is 11.4 Å². The summed E-state index contributed by atoms with van der Waals surface area (Å²) >= 11 is 6.16. The number of hydrogen-bond acceptors (Lipinski definition) is 4. The number of anilines is 2. The molecule has 0 atom stereocenters. The summed E-state index contributed by atoms with van der Waals surface area (Å²) in [6, 6.07) is 10.8. The molecule has 1 fully saturated rings.